The molecule has 152 valence electrons. The molecule has 0 radical (unpaired) electrons. The van der Waals surface area contributed by atoms with Crippen molar-refractivity contribution in [3.05, 3.63) is 75.7 Å². The fourth-order valence-corrected chi connectivity index (χ4v) is 4.99. The molecule has 29 heavy (non-hydrogen) atoms. The van der Waals surface area contributed by atoms with Crippen LogP contribution in [0, 0.1) is 11.8 Å². The number of allylic oxidation sites excluding steroid dienone is 1. The fraction of sp³-hybridized carbons (Fsp3) is 0.391. The van der Waals surface area contributed by atoms with E-state index in [0.717, 1.165) is 11.3 Å². The molecule has 6 heteroatoms. The zero-order valence-electron chi connectivity index (χ0n) is 16.7. The summed E-state index contributed by atoms with van der Waals surface area (Å²) in [6.45, 7) is 2.80. The Labute approximate surface area is 170 Å². The molecule has 2 aromatic rings. The number of rotatable bonds is 5. The molecule has 2 aliphatic heterocycles. The van der Waals surface area contributed by atoms with Gasteiger partial charge in [0.15, 0.2) is 0 Å². The van der Waals surface area contributed by atoms with Crippen molar-refractivity contribution >= 4 is 12.0 Å². The standard InChI is InChI=1S/C23H26N2O4/c1-3-7-16-10-11-19-20-17(13-24(19)22(16)27)18(14-26)21(23(28)29-2)25(20)12-15-8-5-4-6-9-15/h3-11,17-18,20-21,26H,12-14H2,1-2H3/b7-3-/t17-,18-,20+,21-/m0/s1. The number of ether oxygens (including phenoxy) is 1. The van der Waals surface area contributed by atoms with Crippen molar-refractivity contribution in [3.8, 4) is 0 Å². The van der Waals surface area contributed by atoms with Crippen LogP contribution in [0.5, 0.6) is 0 Å². The molecule has 0 spiro atoms. The average Bonchev–Trinajstić information content (AvgIpc) is 3.26. The number of aliphatic hydroxyl groups excluding tert-OH is 1. The largest absolute Gasteiger partial charge is 0.468 e. The van der Waals surface area contributed by atoms with Crippen LogP contribution in [0.4, 0.5) is 0 Å². The molecule has 1 N–H and O–H groups in total. The molecule has 4 atom stereocenters. The number of esters is 1. The highest BCUT2D eigenvalue weighted by molar-refractivity contribution is 5.77. The Hall–Kier alpha value is -2.70. The molecular formula is C23H26N2O4. The second kappa shape index (κ2) is 7.97. The molecule has 0 bridgehead atoms. The Balaban J connectivity index is 1.81. The normalized spacial score (nSPS) is 25.9. The van der Waals surface area contributed by atoms with Crippen molar-refractivity contribution < 1.29 is 14.6 Å². The van der Waals surface area contributed by atoms with Crippen molar-refractivity contribution in [3.63, 3.8) is 0 Å². The third-order valence-electron chi connectivity index (χ3n) is 6.22. The summed E-state index contributed by atoms with van der Waals surface area (Å²) in [5, 5.41) is 10.2. The van der Waals surface area contributed by atoms with E-state index in [1.807, 2.05) is 61.5 Å². The van der Waals surface area contributed by atoms with Gasteiger partial charge in [-0.3, -0.25) is 14.5 Å². The number of pyridine rings is 1. The van der Waals surface area contributed by atoms with E-state index in [1.165, 1.54) is 7.11 Å². The minimum atomic E-state index is -0.542. The Kier molecular flexibility index (Phi) is 5.39. The highest BCUT2D eigenvalue weighted by atomic mass is 16.5. The first kappa shape index (κ1) is 19.6. The number of carbonyl (C=O) groups is 1. The molecule has 3 heterocycles. The van der Waals surface area contributed by atoms with Gasteiger partial charge in [0.25, 0.3) is 5.56 Å². The highest BCUT2D eigenvalue weighted by Crippen LogP contribution is 2.49. The summed E-state index contributed by atoms with van der Waals surface area (Å²) < 4.78 is 6.90. The minimum Gasteiger partial charge on any atom is -0.468 e. The summed E-state index contributed by atoms with van der Waals surface area (Å²) in [6.07, 6.45) is 3.66. The van der Waals surface area contributed by atoms with Gasteiger partial charge in [0.05, 0.1) is 13.2 Å². The Bertz CT molecular complexity index is 982. The zero-order valence-corrected chi connectivity index (χ0v) is 16.7. The monoisotopic (exact) mass is 394 g/mol. The van der Waals surface area contributed by atoms with Crippen molar-refractivity contribution in [2.45, 2.75) is 32.1 Å². The summed E-state index contributed by atoms with van der Waals surface area (Å²) in [4.78, 5) is 27.7. The number of methoxy groups -OCH3 is 1. The number of aromatic nitrogens is 1. The van der Waals surface area contributed by atoms with Crippen LogP contribution in [-0.4, -0.2) is 40.3 Å². The highest BCUT2D eigenvalue weighted by Gasteiger charge is 2.55. The van der Waals surface area contributed by atoms with Gasteiger partial charge in [-0.15, -0.1) is 0 Å². The van der Waals surface area contributed by atoms with Crippen LogP contribution in [0.2, 0.25) is 0 Å². The van der Waals surface area contributed by atoms with E-state index in [1.54, 1.807) is 4.57 Å². The minimum absolute atomic E-state index is 0.0265. The lowest BCUT2D eigenvalue weighted by Gasteiger charge is -2.29. The summed E-state index contributed by atoms with van der Waals surface area (Å²) in [6, 6.07) is 13.1. The lowest BCUT2D eigenvalue weighted by molar-refractivity contribution is -0.148. The van der Waals surface area contributed by atoms with E-state index in [9.17, 15) is 14.7 Å². The Morgan fingerprint density at radius 3 is 2.66 bits per heavy atom. The maximum Gasteiger partial charge on any atom is 0.323 e. The van der Waals surface area contributed by atoms with Crippen LogP contribution in [0.15, 0.2) is 53.3 Å². The van der Waals surface area contributed by atoms with Gasteiger partial charge >= 0.3 is 5.97 Å². The number of hydrogen-bond donors (Lipinski definition) is 1. The molecule has 1 aromatic carbocycles. The van der Waals surface area contributed by atoms with E-state index in [-0.39, 0.29) is 36.0 Å². The second-order valence-electron chi connectivity index (χ2n) is 7.71. The Morgan fingerprint density at radius 2 is 2.00 bits per heavy atom. The molecule has 0 unspecified atom stereocenters. The first-order valence-electron chi connectivity index (χ1n) is 9.95. The number of nitrogens with zero attached hydrogens (tertiary/aromatic N) is 2. The second-order valence-corrected chi connectivity index (χ2v) is 7.71. The van der Waals surface area contributed by atoms with Gasteiger partial charge in [-0.25, -0.2) is 0 Å². The van der Waals surface area contributed by atoms with Crippen molar-refractivity contribution in [1.82, 2.24) is 9.47 Å². The van der Waals surface area contributed by atoms with Crippen LogP contribution in [0.3, 0.4) is 0 Å². The number of benzene rings is 1. The quantitative estimate of drug-likeness (QED) is 0.788. The zero-order chi connectivity index (χ0) is 20.5. The van der Waals surface area contributed by atoms with Gasteiger partial charge in [0.1, 0.15) is 6.04 Å². The molecule has 2 aliphatic rings. The number of likely N-dealkylation sites (tertiary alicyclic amines) is 1. The van der Waals surface area contributed by atoms with Crippen LogP contribution in [-0.2, 0) is 22.6 Å². The van der Waals surface area contributed by atoms with E-state index < -0.39 is 6.04 Å². The van der Waals surface area contributed by atoms with Gasteiger partial charge in [-0.05, 0) is 24.6 Å². The number of fused-ring (bicyclic) bond motifs is 3. The van der Waals surface area contributed by atoms with Gasteiger partial charge in [0, 0.05) is 42.8 Å². The maximum absolute atomic E-state index is 13.0. The lowest BCUT2D eigenvalue weighted by atomic mass is 9.88. The van der Waals surface area contributed by atoms with E-state index in [2.05, 4.69) is 4.90 Å². The van der Waals surface area contributed by atoms with E-state index >= 15 is 0 Å². The van der Waals surface area contributed by atoms with Gasteiger partial charge in [0.2, 0.25) is 0 Å². The molecule has 0 amide bonds. The maximum atomic E-state index is 13.0. The molecule has 0 saturated carbocycles. The number of hydrogen-bond acceptors (Lipinski definition) is 5. The van der Waals surface area contributed by atoms with Crippen LogP contribution >= 0.6 is 0 Å². The van der Waals surface area contributed by atoms with E-state index in [4.69, 9.17) is 4.74 Å². The molecule has 1 saturated heterocycles. The third-order valence-corrected chi connectivity index (χ3v) is 6.22. The van der Waals surface area contributed by atoms with Crippen LogP contribution in [0.25, 0.3) is 6.08 Å². The van der Waals surface area contributed by atoms with Crippen molar-refractivity contribution in [2.24, 2.45) is 11.8 Å². The topological polar surface area (TPSA) is 71.8 Å². The summed E-state index contributed by atoms with van der Waals surface area (Å²) >= 11 is 0. The van der Waals surface area contributed by atoms with E-state index in [0.29, 0.717) is 18.7 Å². The van der Waals surface area contributed by atoms with Crippen molar-refractivity contribution in [2.75, 3.05) is 13.7 Å². The first-order chi connectivity index (χ1) is 14.1. The third kappa shape index (κ3) is 3.22. The average molecular weight is 394 g/mol. The SMILES string of the molecule is C/C=C\c1ccc2n(c1=O)C[C@H]1[C@H](CO)[C@@H](C(=O)OC)N(Cc3ccccc3)[C@@H]21. The summed E-state index contributed by atoms with van der Waals surface area (Å²) in [5.74, 6) is -0.657. The molecule has 0 aliphatic carbocycles. The molecular weight excluding hydrogens is 368 g/mol. The molecule has 1 fully saturated rings. The first-order valence-corrected chi connectivity index (χ1v) is 9.95. The number of aliphatic hydroxyl groups is 1. The Morgan fingerprint density at radius 1 is 1.24 bits per heavy atom. The summed E-state index contributed by atoms with van der Waals surface area (Å²) in [5.41, 5.74) is 2.59. The van der Waals surface area contributed by atoms with Crippen molar-refractivity contribution in [1.29, 1.82) is 0 Å². The van der Waals surface area contributed by atoms with Gasteiger partial charge < -0.3 is 14.4 Å². The predicted octanol–water partition coefficient (Wildman–Crippen LogP) is 2.22. The van der Waals surface area contributed by atoms with Gasteiger partial charge in [-0.1, -0.05) is 42.5 Å². The molecule has 6 nitrogen and oxygen atoms in total. The van der Waals surface area contributed by atoms with Gasteiger partial charge in [-0.2, -0.15) is 0 Å². The molecule has 1 aromatic heterocycles. The van der Waals surface area contributed by atoms with Crippen LogP contribution in [0.1, 0.15) is 29.8 Å². The summed E-state index contributed by atoms with van der Waals surface area (Å²) in [7, 11) is 1.38. The molecule has 4 rings (SSSR count). The number of carbonyl (C=O) groups excluding carboxylic acids is 1. The van der Waals surface area contributed by atoms with Crippen LogP contribution < -0.4 is 5.56 Å². The smallest absolute Gasteiger partial charge is 0.323 e. The predicted molar refractivity (Wildman–Crippen MR) is 110 cm³/mol. The fourth-order valence-electron chi connectivity index (χ4n) is 4.99. The lowest BCUT2D eigenvalue weighted by Crippen LogP contribution is -2.43.